The van der Waals surface area contributed by atoms with Crippen molar-refractivity contribution in [1.29, 1.82) is 0 Å². The molecular weight excluding hydrogens is 376 g/mol. The number of nitrogens with zero attached hydrogens (tertiary/aromatic N) is 1. The number of benzene rings is 1. The van der Waals surface area contributed by atoms with E-state index in [1.165, 1.54) is 6.07 Å². The highest BCUT2D eigenvalue weighted by molar-refractivity contribution is 7.89. The average Bonchev–Trinajstić information content (AvgIpc) is 2.84. The first-order valence-electron chi connectivity index (χ1n) is 9.90. The molecule has 1 aromatic rings. The fraction of sp³-hybridized carbons (Fsp3) is 0.667. The maximum absolute atomic E-state index is 12.5. The number of ether oxygens (including phenoxy) is 1. The molecule has 6 nitrogen and oxygen atoms in total. The van der Waals surface area contributed by atoms with E-state index in [1.807, 2.05) is 31.7 Å². The Morgan fingerprint density at radius 1 is 1.29 bits per heavy atom. The van der Waals surface area contributed by atoms with Gasteiger partial charge < -0.3 is 9.64 Å². The Morgan fingerprint density at radius 3 is 2.57 bits per heavy atom. The molecule has 2 N–H and O–H groups in total. The Morgan fingerprint density at radius 2 is 1.96 bits per heavy atom. The van der Waals surface area contributed by atoms with Crippen LogP contribution < -0.4 is 5.14 Å². The number of rotatable bonds is 6. The second-order valence-electron chi connectivity index (χ2n) is 9.41. The molecule has 28 heavy (non-hydrogen) atoms. The molecule has 1 aromatic carbocycles. The number of amides is 1. The van der Waals surface area contributed by atoms with Crippen molar-refractivity contribution in [2.24, 2.45) is 11.1 Å². The fourth-order valence-corrected chi connectivity index (χ4v) is 4.44. The van der Waals surface area contributed by atoms with Crippen LogP contribution in [0.25, 0.3) is 0 Å². The lowest BCUT2D eigenvalue weighted by Gasteiger charge is -2.33. The van der Waals surface area contributed by atoms with Gasteiger partial charge in [-0.15, -0.1) is 0 Å². The van der Waals surface area contributed by atoms with Crippen molar-refractivity contribution in [2.75, 3.05) is 6.54 Å². The molecule has 0 bridgehead atoms. The lowest BCUT2D eigenvalue weighted by molar-refractivity contribution is 0.0131. The second kappa shape index (κ2) is 8.41. The van der Waals surface area contributed by atoms with Gasteiger partial charge in [0.25, 0.3) is 0 Å². The Balaban J connectivity index is 1.83. The molecule has 0 radical (unpaired) electrons. The number of carbonyl (C=O) groups is 1. The van der Waals surface area contributed by atoms with Crippen LogP contribution in [0.3, 0.4) is 0 Å². The molecule has 2 rings (SSSR count). The number of unbranched alkanes of at least 4 members (excludes halogenated alkanes) is 1. The van der Waals surface area contributed by atoms with Gasteiger partial charge in [0.2, 0.25) is 10.0 Å². The molecular formula is C21H34N2O4S. The predicted molar refractivity (Wildman–Crippen MR) is 110 cm³/mol. The molecule has 1 amide bonds. The standard InChI is InChI=1S/C21H34N2O4S/c1-20(2,3)27-19(24)23-15-17(14-21(23,4)5)10-7-6-9-16-11-8-12-18(13-16)28(22,25)26/h8,11-13,17H,6-7,9-10,14-15H2,1-5H3,(H2,22,25,26). The molecule has 1 aliphatic rings. The summed E-state index contributed by atoms with van der Waals surface area (Å²) >= 11 is 0. The first kappa shape index (κ1) is 22.7. The van der Waals surface area contributed by atoms with Crippen LogP contribution in [0.15, 0.2) is 29.2 Å². The largest absolute Gasteiger partial charge is 0.444 e. The number of carbonyl (C=O) groups excluding carboxylic acids is 1. The van der Waals surface area contributed by atoms with Gasteiger partial charge in [0.05, 0.1) is 4.90 Å². The zero-order chi connectivity index (χ0) is 21.2. The summed E-state index contributed by atoms with van der Waals surface area (Å²) in [5.74, 6) is 0.457. The molecule has 1 unspecified atom stereocenters. The summed E-state index contributed by atoms with van der Waals surface area (Å²) in [6.45, 7) is 10.6. The van der Waals surface area contributed by atoms with Crippen LogP contribution in [0.1, 0.15) is 65.9 Å². The van der Waals surface area contributed by atoms with Crippen molar-refractivity contribution >= 4 is 16.1 Å². The lowest BCUT2D eigenvalue weighted by atomic mass is 9.92. The van der Waals surface area contributed by atoms with E-state index < -0.39 is 15.6 Å². The Hall–Kier alpha value is -1.60. The quantitative estimate of drug-likeness (QED) is 0.716. The van der Waals surface area contributed by atoms with E-state index in [0.29, 0.717) is 5.92 Å². The van der Waals surface area contributed by atoms with E-state index in [4.69, 9.17) is 9.88 Å². The molecule has 1 aliphatic heterocycles. The van der Waals surface area contributed by atoms with Gasteiger partial charge in [-0.3, -0.25) is 0 Å². The minimum absolute atomic E-state index is 0.163. The predicted octanol–water partition coefficient (Wildman–Crippen LogP) is 4.08. The van der Waals surface area contributed by atoms with Crippen LogP contribution in [0.4, 0.5) is 4.79 Å². The summed E-state index contributed by atoms with van der Waals surface area (Å²) < 4.78 is 28.5. The van der Waals surface area contributed by atoms with Crippen LogP contribution in [-0.4, -0.2) is 37.1 Å². The molecule has 7 heteroatoms. The number of hydrogen-bond donors (Lipinski definition) is 1. The normalized spacial score (nSPS) is 19.6. The topological polar surface area (TPSA) is 89.7 Å². The number of primary sulfonamides is 1. The molecule has 1 saturated heterocycles. The van der Waals surface area contributed by atoms with Crippen molar-refractivity contribution < 1.29 is 17.9 Å². The monoisotopic (exact) mass is 410 g/mol. The highest BCUT2D eigenvalue weighted by Crippen LogP contribution is 2.36. The first-order valence-corrected chi connectivity index (χ1v) is 11.4. The smallest absolute Gasteiger partial charge is 0.410 e. The van der Waals surface area contributed by atoms with Crippen LogP contribution in [0.2, 0.25) is 0 Å². The van der Waals surface area contributed by atoms with Crippen LogP contribution >= 0.6 is 0 Å². The maximum atomic E-state index is 12.5. The molecule has 1 heterocycles. The molecule has 0 saturated carbocycles. The Bertz CT molecular complexity index is 797. The average molecular weight is 411 g/mol. The van der Waals surface area contributed by atoms with Gasteiger partial charge in [0.1, 0.15) is 5.60 Å². The molecule has 158 valence electrons. The maximum Gasteiger partial charge on any atom is 0.410 e. The van der Waals surface area contributed by atoms with Crippen molar-refractivity contribution in [3.05, 3.63) is 29.8 Å². The van der Waals surface area contributed by atoms with Gasteiger partial charge in [-0.1, -0.05) is 18.6 Å². The lowest BCUT2D eigenvalue weighted by Crippen LogP contribution is -2.45. The number of likely N-dealkylation sites (tertiary alicyclic amines) is 1. The third-order valence-corrected chi connectivity index (χ3v) is 6.04. The van der Waals surface area contributed by atoms with Gasteiger partial charge in [-0.05, 0) is 83.9 Å². The molecule has 0 spiro atoms. The zero-order valence-corrected chi connectivity index (χ0v) is 18.5. The van der Waals surface area contributed by atoms with Crippen LogP contribution in [-0.2, 0) is 21.2 Å². The minimum Gasteiger partial charge on any atom is -0.444 e. The number of aryl methyl sites for hydroxylation is 1. The van der Waals surface area contributed by atoms with Gasteiger partial charge in [0.15, 0.2) is 0 Å². The molecule has 0 aromatic heterocycles. The van der Waals surface area contributed by atoms with Crippen LogP contribution in [0.5, 0.6) is 0 Å². The van der Waals surface area contributed by atoms with Crippen molar-refractivity contribution in [2.45, 2.75) is 82.8 Å². The van der Waals surface area contributed by atoms with E-state index in [-0.39, 0.29) is 16.5 Å². The summed E-state index contributed by atoms with van der Waals surface area (Å²) in [4.78, 5) is 14.5. The minimum atomic E-state index is -3.66. The van der Waals surface area contributed by atoms with Crippen LogP contribution in [0, 0.1) is 5.92 Å². The summed E-state index contributed by atoms with van der Waals surface area (Å²) in [6.07, 6.45) is 4.58. The van der Waals surface area contributed by atoms with E-state index in [2.05, 4.69) is 13.8 Å². The highest BCUT2D eigenvalue weighted by Gasteiger charge is 2.42. The summed E-state index contributed by atoms with van der Waals surface area (Å²) in [5.41, 5.74) is 0.293. The van der Waals surface area contributed by atoms with E-state index in [9.17, 15) is 13.2 Å². The summed E-state index contributed by atoms with van der Waals surface area (Å²) in [6, 6.07) is 6.83. The molecule has 1 fully saturated rings. The Kier molecular flexibility index (Phi) is 6.82. The molecule has 1 atom stereocenters. The Labute approximate surface area is 169 Å². The third-order valence-electron chi connectivity index (χ3n) is 5.13. The summed E-state index contributed by atoms with van der Waals surface area (Å²) in [7, 11) is -3.66. The van der Waals surface area contributed by atoms with Gasteiger partial charge >= 0.3 is 6.09 Å². The van der Waals surface area contributed by atoms with E-state index in [0.717, 1.165) is 44.2 Å². The number of hydrogen-bond acceptors (Lipinski definition) is 4. The van der Waals surface area contributed by atoms with E-state index in [1.54, 1.807) is 12.1 Å². The van der Waals surface area contributed by atoms with E-state index >= 15 is 0 Å². The van der Waals surface area contributed by atoms with Gasteiger partial charge in [-0.2, -0.15) is 0 Å². The third kappa shape index (κ3) is 6.48. The van der Waals surface area contributed by atoms with Crippen molar-refractivity contribution in [3.8, 4) is 0 Å². The zero-order valence-electron chi connectivity index (χ0n) is 17.7. The van der Waals surface area contributed by atoms with Gasteiger partial charge in [-0.25, -0.2) is 18.4 Å². The van der Waals surface area contributed by atoms with Crippen molar-refractivity contribution in [1.82, 2.24) is 4.90 Å². The summed E-state index contributed by atoms with van der Waals surface area (Å²) in [5, 5.41) is 5.19. The second-order valence-corrected chi connectivity index (χ2v) is 11.0. The number of sulfonamides is 1. The fourth-order valence-electron chi connectivity index (χ4n) is 3.86. The van der Waals surface area contributed by atoms with Gasteiger partial charge in [0, 0.05) is 12.1 Å². The number of nitrogens with two attached hydrogens (primary N) is 1. The highest BCUT2D eigenvalue weighted by atomic mass is 32.2. The first-order chi connectivity index (χ1) is 12.8. The SMILES string of the molecule is CC(C)(C)OC(=O)N1CC(CCCCc2cccc(S(N)(=O)=O)c2)CC1(C)C. The van der Waals surface area contributed by atoms with Crippen molar-refractivity contribution in [3.63, 3.8) is 0 Å². The molecule has 0 aliphatic carbocycles.